The van der Waals surface area contributed by atoms with Gasteiger partial charge in [-0.1, -0.05) is 29.4 Å². The molecule has 3 aromatic rings. The Morgan fingerprint density at radius 2 is 1.97 bits per heavy atom. The Balaban J connectivity index is 1.37. The summed E-state index contributed by atoms with van der Waals surface area (Å²) in [5.41, 5.74) is 3.77. The maximum Gasteiger partial charge on any atom is 0.414 e. The third-order valence-electron chi connectivity index (χ3n) is 5.56. The van der Waals surface area contributed by atoms with Crippen molar-refractivity contribution in [1.82, 2.24) is 10.5 Å². The maximum atomic E-state index is 14.9. The van der Waals surface area contributed by atoms with Gasteiger partial charge in [0.2, 0.25) is 5.91 Å². The Labute approximate surface area is 191 Å². The van der Waals surface area contributed by atoms with Crippen LogP contribution in [0.2, 0.25) is 0 Å². The molecule has 0 spiro atoms. The van der Waals surface area contributed by atoms with E-state index < -0.39 is 18.0 Å². The highest BCUT2D eigenvalue weighted by Crippen LogP contribution is 2.29. The lowest BCUT2D eigenvalue weighted by molar-refractivity contribution is -0.119. The number of nitrogens with zero attached hydrogens (tertiary/aromatic N) is 2. The summed E-state index contributed by atoms with van der Waals surface area (Å²) in [7, 11) is 0. The predicted octanol–water partition coefficient (Wildman–Crippen LogP) is 4.43. The van der Waals surface area contributed by atoms with Crippen LogP contribution in [0.15, 0.2) is 53.1 Å². The number of halogens is 1. The van der Waals surface area contributed by atoms with E-state index in [9.17, 15) is 14.0 Å². The molecular weight excluding hydrogens is 425 g/mol. The Morgan fingerprint density at radius 1 is 1.18 bits per heavy atom. The fraction of sp³-hybridized carbons (Fsp3) is 0.320. The molecule has 8 heteroatoms. The van der Waals surface area contributed by atoms with Crippen LogP contribution in [0.25, 0.3) is 11.1 Å². The van der Waals surface area contributed by atoms with Gasteiger partial charge in [0.15, 0.2) is 0 Å². The molecule has 1 aliphatic rings. The van der Waals surface area contributed by atoms with Crippen LogP contribution in [0.5, 0.6) is 0 Å². The van der Waals surface area contributed by atoms with Gasteiger partial charge in [0.05, 0.1) is 24.5 Å². The topological polar surface area (TPSA) is 84.7 Å². The van der Waals surface area contributed by atoms with Crippen molar-refractivity contribution in [2.75, 3.05) is 18.0 Å². The van der Waals surface area contributed by atoms with Gasteiger partial charge in [-0.3, -0.25) is 9.69 Å². The van der Waals surface area contributed by atoms with E-state index in [0.29, 0.717) is 11.3 Å². The van der Waals surface area contributed by atoms with E-state index in [2.05, 4.69) is 10.5 Å². The Kier molecular flexibility index (Phi) is 6.72. The van der Waals surface area contributed by atoms with Gasteiger partial charge in [-0.25, -0.2) is 9.18 Å². The van der Waals surface area contributed by atoms with E-state index >= 15 is 0 Å². The molecule has 1 saturated heterocycles. The van der Waals surface area contributed by atoms with Crippen molar-refractivity contribution in [2.24, 2.45) is 0 Å². The minimum atomic E-state index is -0.553. The molecule has 2 heterocycles. The second-order valence-electron chi connectivity index (χ2n) is 8.20. The van der Waals surface area contributed by atoms with Gasteiger partial charge < -0.3 is 14.6 Å². The summed E-state index contributed by atoms with van der Waals surface area (Å²) < 4.78 is 25.2. The molecule has 0 bridgehead atoms. The van der Waals surface area contributed by atoms with E-state index in [1.807, 2.05) is 37.3 Å². The average Bonchev–Trinajstić information content (AvgIpc) is 3.38. The number of carbonyl (C=O) groups is 2. The first-order chi connectivity index (χ1) is 15.9. The molecule has 0 saturated carbocycles. The number of aryl methyl sites for hydroxylation is 3. The summed E-state index contributed by atoms with van der Waals surface area (Å²) >= 11 is 0. The van der Waals surface area contributed by atoms with E-state index in [4.69, 9.17) is 9.26 Å². The molecule has 172 valence electrons. The van der Waals surface area contributed by atoms with Crippen LogP contribution in [0.3, 0.4) is 0 Å². The number of hydrogen-bond donors (Lipinski definition) is 1. The van der Waals surface area contributed by atoms with Crippen LogP contribution in [0, 0.1) is 12.7 Å². The molecule has 0 aliphatic carbocycles. The molecular formula is C25H26FN3O4. The lowest BCUT2D eigenvalue weighted by Crippen LogP contribution is -2.33. The molecule has 2 amide bonds. The van der Waals surface area contributed by atoms with Crippen LogP contribution in [0.1, 0.15) is 30.4 Å². The van der Waals surface area contributed by atoms with Crippen molar-refractivity contribution in [1.29, 1.82) is 0 Å². The highest BCUT2D eigenvalue weighted by atomic mass is 19.1. The summed E-state index contributed by atoms with van der Waals surface area (Å²) in [4.78, 5) is 24.6. The molecule has 33 heavy (non-hydrogen) atoms. The molecule has 1 fully saturated rings. The van der Waals surface area contributed by atoms with Gasteiger partial charge in [0.1, 0.15) is 17.7 Å². The van der Waals surface area contributed by atoms with E-state index in [1.165, 1.54) is 23.5 Å². The number of amides is 2. The Morgan fingerprint density at radius 3 is 2.64 bits per heavy atom. The van der Waals surface area contributed by atoms with Crippen molar-refractivity contribution < 1.29 is 23.2 Å². The molecule has 0 unspecified atom stereocenters. The van der Waals surface area contributed by atoms with Crippen molar-refractivity contribution in [3.05, 3.63) is 71.4 Å². The van der Waals surface area contributed by atoms with Gasteiger partial charge in [0.25, 0.3) is 0 Å². The standard InChI is InChI=1S/C25H26FN3O4/c1-16-12-20(28-33-16)5-3-4-18-6-8-19(9-7-18)23-11-10-21(13-24(23)26)29-15-22(32-25(29)31)14-27-17(2)30/h6-13,22H,3-5,14-15H2,1-2H3,(H,27,30)/t22-/m0/s1. The van der Waals surface area contributed by atoms with Gasteiger partial charge in [-0.05, 0) is 55.5 Å². The molecule has 2 aromatic carbocycles. The first kappa shape index (κ1) is 22.5. The van der Waals surface area contributed by atoms with E-state index in [1.54, 1.807) is 12.1 Å². The number of ether oxygens (including phenoxy) is 1. The van der Waals surface area contributed by atoms with Gasteiger partial charge in [-0.2, -0.15) is 0 Å². The van der Waals surface area contributed by atoms with Gasteiger partial charge in [-0.15, -0.1) is 0 Å². The van der Waals surface area contributed by atoms with Crippen molar-refractivity contribution in [3.8, 4) is 11.1 Å². The predicted molar refractivity (Wildman–Crippen MR) is 121 cm³/mol. The molecule has 7 nitrogen and oxygen atoms in total. The SMILES string of the molecule is CC(=O)NC[C@H]1CN(c2ccc(-c3ccc(CCCc4cc(C)on4)cc3)c(F)c2)C(=O)O1. The van der Waals surface area contributed by atoms with E-state index in [0.717, 1.165) is 36.3 Å². The zero-order valence-corrected chi connectivity index (χ0v) is 18.6. The van der Waals surface area contributed by atoms with Crippen LogP contribution in [0.4, 0.5) is 14.9 Å². The highest BCUT2D eigenvalue weighted by molar-refractivity contribution is 5.90. The third kappa shape index (κ3) is 5.58. The largest absolute Gasteiger partial charge is 0.442 e. The lowest BCUT2D eigenvalue weighted by Gasteiger charge is -2.14. The molecule has 1 aromatic heterocycles. The number of nitrogens with one attached hydrogen (secondary N) is 1. The molecule has 4 rings (SSSR count). The number of rotatable bonds is 8. The van der Waals surface area contributed by atoms with Crippen molar-refractivity contribution >= 4 is 17.7 Å². The number of aromatic nitrogens is 1. The van der Waals surface area contributed by atoms with Crippen LogP contribution in [-0.4, -0.2) is 36.4 Å². The number of benzene rings is 2. The molecule has 1 aliphatic heterocycles. The molecule has 1 N–H and O–H groups in total. The zero-order valence-electron chi connectivity index (χ0n) is 18.6. The number of anilines is 1. The normalized spacial score (nSPS) is 15.5. The molecule has 1 atom stereocenters. The monoisotopic (exact) mass is 451 g/mol. The van der Waals surface area contributed by atoms with E-state index in [-0.39, 0.29) is 19.0 Å². The number of cyclic esters (lactones) is 1. The van der Waals surface area contributed by atoms with Gasteiger partial charge >= 0.3 is 6.09 Å². The fourth-order valence-corrected chi connectivity index (χ4v) is 3.86. The second-order valence-corrected chi connectivity index (χ2v) is 8.20. The Bertz CT molecular complexity index is 1140. The summed E-state index contributed by atoms with van der Waals surface area (Å²) in [6.45, 7) is 3.75. The first-order valence-corrected chi connectivity index (χ1v) is 10.9. The van der Waals surface area contributed by atoms with Crippen molar-refractivity contribution in [2.45, 2.75) is 39.2 Å². The summed E-state index contributed by atoms with van der Waals surface area (Å²) in [6.07, 6.45) is 1.67. The van der Waals surface area contributed by atoms with Crippen LogP contribution >= 0.6 is 0 Å². The van der Waals surface area contributed by atoms with Crippen molar-refractivity contribution in [3.63, 3.8) is 0 Å². The quantitative estimate of drug-likeness (QED) is 0.548. The first-order valence-electron chi connectivity index (χ1n) is 10.9. The number of carbonyl (C=O) groups excluding carboxylic acids is 2. The fourth-order valence-electron chi connectivity index (χ4n) is 3.86. The lowest BCUT2D eigenvalue weighted by atomic mass is 10.0. The van der Waals surface area contributed by atoms with Gasteiger partial charge in [0, 0.05) is 18.6 Å². The summed E-state index contributed by atoms with van der Waals surface area (Å²) in [6, 6.07) is 14.5. The highest BCUT2D eigenvalue weighted by Gasteiger charge is 2.32. The van der Waals surface area contributed by atoms with Crippen LogP contribution in [-0.2, 0) is 22.4 Å². The third-order valence-corrected chi connectivity index (χ3v) is 5.56. The summed E-state index contributed by atoms with van der Waals surface area (Å²) in [5, 5.41) is 6.63. The summed E-state index contributed by atoms with van der Waals surface area (Å²) in [5.74, 6) is 0.199. The molecule has 0 radical (unpaired) electrons. The maximum absolute atomic E-state index is 14.9. The Hall–Kier alpha value is -3.68. The smallest absolute Gasteiger partial charge is 0.414 e. The second kappa shape index (κ2) is 9.85. The van der Waals surface area contributed by atoms with Crippen LogP contribution < -0.4 is 10.2 Å². The minimum Gasteiger partial charge on any atom is -0.442 e. The zero-order chi connectivity index (χ0) is 23.4. The minimum absolute atomic E-state index is 0.198. The average molecular weight is 451 g/mol. The number of hydrogen-bond acceptors (Lipinski definition) is 5.